The SMILES string of the molecule is C=CCNC(=C)C1=C(N=CSCCCN)c2ccc(C(=C)NCC)cc2CC1(C)C. The van der Waals surface area contributed by atoms with Crippen molar-refractivity contribution >= 4 is 28.7 Å². The number of hydrogen-bond acceptors (Lipinski definition) is 5. The first-order valence-corrected chi connectivity index (χ1v) is 11.6. The number of nitrogens with zero attached hydrogens (tertiary/aromatic N) is 1. The lowest BCUT2D eigenvalue weighted by molar-refractivity contribution is 0.438. The minimum atomic E-state index is -0.106. The number of allylic oxidation sites excluding steroid dienone is 1. The third kappa shape index (κ3) is 5.89. The van der Waals surface area contributed by atoms with E-state index in [1.165, 1.54) is 5.56 Å². The second-order valence-corrected chi connectivity index (χ2v) is 9.01. The van der Waals surface area contributed by atoms with Crippen molar-refractivity contribution in [2.45, 2.75) is 33.6 Å². The highest BCUT2D eigenvalue weighted by Gasteiger charge is 2.35. The van der Waals surface area contributed by atoms with Gasteiger partial charge in [0.25, 0.3) is 0 Å². The van der Waals surface area contributed by atoms with Gasteiger partial charge in [-0.15, -0.1) is 18.3 Å². The van der Waals surface area contributed by atoms with E-state index in [2.05, 4.69) is 69.3 Å². The number of nitrogens with one attached hydrogen (secondary N) is 2. The summed E-state index contributed by atoms with van der Waals surface area (Å²) < 4.78 is 0. The number of rotatable bonds is 12. The third-order valence-electron chi connectivity index (χ3n) is 5.13. The maximum absolute atomic E-state index is 5.61. The van der Waals surface area contributed by atoms with Crippen molar-refractivity contribution in [2.75, 3.05) is 25.4 Å². The predicted molar refractivity (Wildman–Crippen MR) is 136 cm³/mol. The molecule has 0 unspecified atom stereocenters. The first-order chi connectivity index (χ1) is 14.4. The van der Waals surface area contributed by atoms with E-state index in [0.29, 0.717) is 13.1 Å². The molecule has 162 valence electrons. The van der Waals surface area contributed by atoms with Crippen molar-refractivity contribution in [2.24, 2.45) is 16.1 Å². The van der Waals surface area contributed by atoms with Crippen LogP contribution >= 0.6 is 11.8 Å². The van der Waals surface area contributed by atoms with Crippen LogP contribution in [0.25, 0.3) is 11.4 Å². The normalized spacial score (nSPS) is 15.1. The first-order valence-electron chi connectivity index (χ1n) is 10.5. The summed E-state index contributed by atoms with van der Waals surface area (Å²) in [6.07, 6.45) is 3.74. The first kappa shape index (κ1) is 24.0. The fourth-order valence-electron chi connectivity index (χ4n) is 3.77. The Bertz CT molecular complexity index is 849. The number of fused-ring (bicyclic) bond motifs is 1. The Balaban J connectivity index is 2.53. The molecule has 30 heavy (non-hydrogen) atoms. The lowest BCUT2D eigenvalue weighted by Gasteiger charge is -2.36. The van der Waals surface area contributed by atoms with Gasteiger partial charge in [0.15, 0.2) is 0 Å². The smallest absolute Gasteiger partial charge is 0.0768 e. The molecule has 0 radical (unpaired) electrons. The van der Waals surface area contributed by atoms with Gasteiger partial charge in [0.1, 0.15) is 0 Å². The number of hydrogen-bond donors (Lipinski definition) is 3. The number of nitrogens with two attached hydrogens (primary N) is 1. The molecule has 0 atom stereocenters. The summed E-state index contributed by atoms with van der Waals surface area (Å²) in [5.74, 6) is 0.968. The van der Waals surface area contributed by atoms with E-state index in [9.17, 15) is 0 Å². The zero-order valence-electron chi connectivity index (χ0n) is 18.7. The van der Waals surface area contributed by atoms with Crippen LogP contribution in [0.1, 0.15) is 43.9 Å². The Hall–Kier alpha value is -2.24. The lowest BCUT2D eigenvalue weighted by atomic mass is 9.70. The summed E-state index contributed by atoms with van der Waals surface area (Å²) in [6.45, 7) is 21.1. The highest BCUT2D eigenvalue weighted by molar-refractivity contribution is 8.12. The molecule has 1 aromatic rings. The van der Waals surface area contributed by atoms with E-state index in [4.69, 9.17) is 10.7 Å². The molecule has 1 aliphatic carbocycles. The van der Waals surface area contributed by atoms with Gasteiger partial charge in [0.2, 0.25) is 0 Å². The summed E-state index contributed by atoms with van der Waals surface area (Å²) in [5.41, 5.74) is 15.0. The van der Waals surface area contributed by atoms with Gasteiger partial charge in [0.05, 0.1) is 11.2 Å². The molecule has 0 aliphatic heterocycles. The van der Waals surface area contributed by atoms with Gasteiger partial charge in [-0.1, -0.05) is 45.2 Å². The highest BCUT2D eigenvalue weighted by atomic mass is 32.2. The summed E-state index contributed by atoms with van der Waals surface area (Å²) in [6, 6.07) is 6.53. The largest absolute Gasteiger partial charge is 0.385 e. The van der Waals surface area contributed by atoms with E-state index in [-0.39, 0.29) is 5.41 Å². The second-order valence-electron chi connectivity index (χ2n) is 8.06. The lowest BCUT2D eigenvalue weighted by Crippen LogP contribution is -2.29. The van der Waals surface area contributed by atoms with E-state index < -0.39 is 0 Å². The van der Waals surface area contributed by atoms with Gasteiger partial charge < -0.3 is 16.4 Å². The zero-order chi connectivity index (χ0) is 22.1. The molecule has 0 spiro atoms. The van der Waals surface area contributed by atoms with Gasteiger partial charge in [0, 0.05) is 41.4 Å². The van der Waals surface area contributed by atoms with E-state index >= 15 is 0 Å². The molecule has 0 amide bonds. The van der Waals surface area contributed by atoms with Crippen molar-refractivity contribution in [1.82, 2.24) is 10.6 Å². The van der Waals surface area contributed by atoms with Gasteiger partial charge >= 0.3 is 0 Å². The summed E-state index contributed by atoms with van der Waals surface area (Å²) in [5, 5.41) is 6.71. The Labute approximate surface area is 186 Å². The van der Waals surface area contributed by atoms with E-state index in [1.807, 2.05) is 11.6 Å². The molecular weight excluding hydrogens is 388 g/mol. The molecule has 0 saturated carbocycles. The molecule has 4 nitrogen and oxygen atoms in total. The Morgan fingerprint density at radius 2 is 2.03 bits per heavy atom. The molecule has 4 N–H and O–H groups in total. The van der Waals surface area contributed by atoms with Crippen molar-refractivity contribution in [3.63, 3.8) is 0 Å². The number of thioether (sulfide) groups is 1. The topological polar surface area (TPSA) is 62.4 Å². The van der Waals surface area contributed by atoms with Crippen LogP contribution in [-0.2, 0) is 6.42 Å². The maximum Gasteiger partial charge on any atom is 0.0768 e. The second kappa shape index (κ2) is 11.2. The molecule has 0 bridgehead atoms. The van der Waals surface area contributed by atoms with Crippen LogP contribution in [-0.4, -0.2) is 30.9 Å². The average molecular weight is 425 g/mol. The molecule has 2 rings (SSSR count). The molecule has 1 aromatic carbocycles. The Morgan fingerprint density at radius 1 is 1.27 bits per heavy atom. The fourth-order valence-corrected chi connectivity index (χ4v) is 4.39. The van der Waals surface area contributed by atoms with E-state index in [0.717, 1.165) is 58.9 Å². The molecule has 0 heterocycles. The van der Waals surface area contributed by atoms with Gasteiger partial charge in [-0.2, -0.15) is 0 Å². The van der Waals surface area contributed by atoms with Crippen LogP contribution in [0.15, 0.2) is 60.3 Å². The molecule has 0 saturated heterocycles. The van der Waals surface area contributed by atoms with Crippen molar-refractivity contribution < 1.29 is 0 Å². The minimum absolute atomic E-state index is 0.106. The molecule has 1 aliphatic rings. The van der Waals surface area contributed by atoms with Crippen LogP contribution in [0.3, 0.4) is 0 Å². The highest BCUT2D eigenvalue weighted by Crippen LogP contribution is 2.46. The standard InChI is InChI=1S/C25H36N4S/c1-7-13-28-19(4)23-24(29-17-30-14-9-12-26)22-11-10-20(18(3)27-8-2)15-21(22)16-25(23,5)6/h7,10-11,15,17,27-28H,1,3-4,8-9,12-14,16,26H2,2,5-6H3. The number of benzene rings is 1. The third-order valence-corrected chi connectivity index (χ3v) is 5.91. The predicted octanol–water partition coefficient (Wildman–Crippen LogP) is 4.96. The van der Waals surface area contributed by atoms with Crippen molar-refractivity contribution in [1.29, 1.82) is 0 Å². The molecule has 5 heteroatoms. The van der Waals surface area contributed by atoms with Crippen LogP contribution < -0.4 is 16.4 Å². The Kier molecular flexibility index (Phi) is 9.00. The van der Waals surface area contributed by atoms with E-state index in [1.54, 1.807) is 11.8 Å². The van der Waals surface area contributed by atoms with Crippen molar-refractivity contribution in [3.05, 3.63) is 72.0 Å². The van der Waals surface area contributed by atoms with Crippen LogP contribution in [0.2, 0.25) is 0 Å². The molecule has 0 fully saturated rings. The monoisotopic (exact) mass is 424 g/mol. The quantitative estimate of drug-likeness (QED) is 0.192. The molecular formula is C25H36N4S. The Morgan fingerprint density at radius 3 is 2.70 bits per heavy atom. The fraction of sp³-hybridized carbons (Fsp3) is 0.400. The van der Waals surface area contributed by atoms with Gasteiger partial charge in [-0.25, -0.2) is 4.99 Å². The summed E-state index contributed by atoms with van der Waals surface area (Å²) >= 11 is 1.70. The van der Waals surface area contributed by atoms with Crippen LogP contribution in [0.5, 0.6) is 0 Å². The molecule has 0 aromatic heterocycles. The maximum atomic E-state index is 5.61. The van der Waals surface area contributed by atoms with Crippen LogP contribution in [0.4, 0.5) is 0 Å². The van der Waals surface area contributed by atoms with Crippen molar-refractivity contribution in [3.8, 4) is 0 Å². The zero-order valence-corrected chi connectivity index (χ0v) is 19.5. The number of aliphatic imine (C=N–C) groups is 1. The summed E-state index contributed by atoms with van der Waals surface area (Å²) in [4.78, 5) is 4.93. The van der Waals surface area contributed by atoms with Gasteiger partial charge in [-0.05, 0) is 48.9 Å². The summed E-state index contributed by atoms with van der Waals surface area (Å²) in [7, 11) is 0. The minimum Gasteiger partial charge on any atom is -0.385 e. The average Bonchev–Trinajstić information content (AvgIpc) is 2.70. The van der Waals surface area contributed by atoms with Crippen LogP contribution in [0, 0.1) is 5.41 Å². The van der Waals surface area contributed by atoms with Gasteiger partial charge in [-0.3, -0.25) is 0 Å².